The van der Waals surface area contributed by atoms with E-state index in [1.54, 1.807) is 29.7 Å². The number of carbonyl (C=O) groups excluding carboxylic acids is 1. The number of rotatable bonds is 2. The van der Waals surface area contributed by atoms with Gasteiger partial charge in [-0.3, -0.25) is 15.1 Å². The lowest BCUT2D eigenvalue weighted by molar-refractivity contribution is -0.129. The molecule has 24 heavy (non-hydrogen) atoms. The van der Waals surface area contributed by atoms with E-state index in [2.05, 4.69) is 46.4 Å². The van der Waals surface area contributed by atoms with Gasteiger partial charge in [0.05, 0.1) is 12.0 Å². The fraction of sp³-hybridized carbons (Fsp3) is 0.222. The van der Waals surface area contributed by atoms with Crippen molar-refractivity contribution in [3.8, 4) is 11.1 Å². The number of guanidine groups is 1. The Hall–Kier alpha value is -2.18. The van der Waals surface area contributed by atoms with Gasteiger partial charge in [-0.15, -0.1) is 11.3 Å². The van der Waals surface area contributed by atoms with Gasteiger partial charge in [0.15, 0.2) is 5.96 Å². The van der Waals surface area contributed by atoms with Crippen LogP contribution in [0.2, 0.25) is 0 Å². The Kier molecular flexibility index (Phi) is 3.47. The molecular weight excluding hydrogens is 338 g/mol. The number of fused-ring (bicyclic) bond motifs is 1. The van der Waals surface area contributed by atoms with Crippen molar-refractivity contribution in [3.63, 3.8) is 0 Å². The molecule has 4 rings (SSSR count). The van der Waals surface area contributed by atoms with Crippen molar-refractivity contribution in [2.24, 2.45) is 0 Å². The second-order valence-electron chi connectivity index (χ2n) is 6.28. The summed E-state index contributed by atoms with van der Waals surface area (Å²) in [6.45, 7) is 2.00. The third-order valence-electron chi connectivity index (χ3n) is 4.53. The summed E-state index contributed by atoms with van der Waals surface area (Å²) in [4.78, 5) is 14.7. The predicted octanol–water partition coefficient (Wildman–Crippen LogP) is 4.23. The first-order valence-electron chi connectivity index (χ1n) is 7.67. The van der Waals surface area contributed by atoms with E-state index in [1.807, 2.05) is 6.92 Å². The van der Waals surface area contributed by atoms with Crippen LogP contribution < -0.4 is 5.32 Å². The number of thiophene rings is 2. The smallest absolute Gasteiger partial charge is 0.231 e. The number of hydrogen-bond donors (Lipinski definition) is 2. The molecule has 1 saturated heterocycles. The van der Waals surface area contributed by atoms with Gasteiger partial charge in [-0.25, -0.2) is 0 Å². The molecule has 0 aliphatic carbocycles. The van der Waals surface area contributed by atoms with Crippen molar-refractivity contribution in [3.05, 3.63) is 46.0 Å². The number of nitrogens with one attached hydrogen (secondary N) is 2. The summed E-state index contributed by atoms with van der Waals surface area (Å²) in [6.07, 6.45) is 0.354. The average molecular weight is 355 g/mol. The Morgan fingerprint density at radius 2 is 2.17 bits per heavy atom. The number of carbonyl (C=O) groups is 1. The topological polar surface area (TPSA) is 56.2 Å². The minimum absolute atomic E-state index is 0.0308. The monoisotopic (exact) mass is 355 g/mol. The lowest BCUT2D eigenvalue weighted by Gasteiger charge is -2.38. The fourth-order valence-electron chi connectivity index (χ4n) is 3.06. The first-order valence-corrected chi connectivity index (χ1v) is 9.43. The summed E-state index contributed by atoms with van der Waals surface area (Å²) in [7, 11) is 1.64. The lowest BCUT2D eigenvalue weighted by atomic mass is 9.92. The van der Waals surface area contributed by atoms with E-state index in [-0.39, 0.29) is 11.9 Å². The molecule has 0 saturated carbocycles. The third-order valence-corrected chi connectivity index (χ3v) is 6.66. The highest BCUT2D eigenvalue weighted by Crippen LogP contribution is 2.41. The fourth-order valence-corrected chi connectivity index (χ4v) is 5.01. The number of hydrogen-bond acceptors (Lipinski definition) is 4. The van der Waals surface area contributed by atoms with E-state index in [4.69, 9.17) is 5.41 Å². The average Bonchev–Trinajstić information content (AvgIpc) is 3.21. The van der Waals surface area contributed by atoms with Crippen LogP contribution in [0.4, 0.5) is 0 Å². The maximum Gasteiger partial charge on any atom is 0.231 e. The van der Waals surface area contributed by atoms with E-state index in [1.165, 1.54) is 26.1 Å². The number of amides is 1. The van der Waals surface area contributed by atoms with Crippen LogP contribution in [-0.2, 0) is 10.3 Å². The Morgan fingerprint density at radius 1 is 1.33 bits per heavy atom. The maximum absolute atomic E-state index is 12.2. The van der Waals surface area contributed by atoms with E-state index >= 15 is 0 Å². The molecule has 2 aromatic heterocycles. The highest BCUT2D eigenvalue weighted by Gasteiger charge is 2.39. The second-order valence-corrected chi connectivity index (χ2v) is 8.11. The van der Waals surface area contributed by atoms with Crippen molar-refractivity contribution in [1.82, 2.24) is 10.2 Å². The summed E-state index contributed by atoms with van der Waals surface area (Å²) >= 11 is 3.40. The van der Waals surface area contributed by atoms with Crippen LogP contribution in [0, 0.1) is 5.41 Å². The van der Waals surface area contributed by atoms with Gasteiger partial charge in [0, 0.05) is 22.2 Å². The van der Waals surface area contributed by atoms with Crippen molar-refractivity contribution in [1.29, 1.82) is 5.41 Å². The normalized spacial score (nSPS) is 21.3. The van der Waals surface area contributed by atoms with Gasteiger partial charge < -0.3 is 5.32 Å². The SMILES string of the molecule is CN1C(=N)N[C@](C)(c2cc3cccc(-c4ccsc4)c3s2)CC1=O. The molecule has 1 atom stereocenters. The standard InChI is InChI=1S/C18H17N3OS2/c1-18(9-15(22)21(2)17(19)20-18)14-8-11-4-3-5-13(16(11)24-14)12-6-7-23-10-12/h3-8,10H,9H2,1-2H3,(H2,19,20)/t18-/m0/s1. The molecule has 1 fully saturated rings. The highest BCUT2D eigenvalue weighted by molar-refractivity contribution is 7.19. The first-order chi connectivity index (χ1) is 11.5. The van der Waals surface area contributed by atoms with Crippen LogP contribution >= 0.6 is 22.7 Å². The minimum Gasteiger partial charge on any atom is -0.345 e. The van der Waals surface area contributed by atoms with Crippen LogP contribution in [0.5, 0.6) is 0 Å². The molecule has 122 valence electrons. The molecule has 0 radical (unpaired) electrons. The summed E-state index contributed by atoms with van der Waals surface area (Å²) in [6, 6.07) is 10.6. The predicted molar refractivity (Wildman–Crippen MR) is 101 cm³/mol. The molecule has 1 amide bonds. The van der Waals surface area contributed by atoms with Gasteiger partial charge in [0.25, 0.3) is 0 Å². The number of nitrogens with zero attached hydrogens (tertiary/aromatic N) is 1. The molecule has 0 spiro atoms. The maximum atomic E-state index is 12.2. The van der Waals surface area contributed by atoms with Crippen molar-refractivity contribution in [2.45, 2.75) is 18.9 Å². The molecule has 1 aromatic carbocycles. The number of benzene rings is 1. The molecule has 1 aliphatic rings. The van der Waals surface area contributed by atoms with Gasteiger partial charge in [0.2, 0.25) is 5.91 Å². The Bertz CT molecular complexity index is 924. The molecule has 1 aliphatic heterocycles. The van der Waals surface area contributed by atoms with Crippen LogP contribution in [-0.4, -0.2) is 23.8 Å². The van der Waals surface area contributed by atoms with E-state index in [9.17, 15) is 4.79 Å². The van der Waals surface area contributed by atoms with E-state index < -0.39 is 5.54 Å². The third kappa shape index (κ3) is 2.34. The zero-order valence-corrected chi connectivity index (χ0v) is 15.1. The second kappa shape index (κ2) is 5.43. The molecule has 2 N–H and O–H groups in total. The van der Waals surface area contributed by atoms with Gasteiger partial charge in [-0.1, -0.05) is 18.2 Å². The van der Waals surface area contributed by atoms with E-state index in [0.29, 0.717) is 6.42 Å². The largest absolute Gasteiger partial charge is 0.345 e. The van der Waals surface area contributed by atoms with Gasteiger partial charge >= 0.3 is 0 Å². The summed E-state index contributed by atoms with van der Waals surface area (Å²) in [5.41, 5.74) is 1.92. The summed E-state index contributed by atoms with van der Waals surface area (Å²) in [5, 5.41) is 16.6. The molecule has 4 nitrogen and oxygen atoms in total. The van der Waals surface area contributed by atoms with Crippen molar-refractivity contribution in [2.75, 3.05) is 7.05 Å². The van der Waals surface area contributed by atoms with Crippen LogP contribution in [0.1, 0.15) is 18.2 Å². The minimum atomic E-state index is -0.531. The Morgan fingerprint density at radius 3 is 2.88 bits per heavy atom. The Balaban J connectivity index is 1.83. The van der Waals surface area contributed by atoms with Crippen molar-refractivity contribution >= 4 is 44.6 Å². The van der Waals surface area contributed by atoms with Gasteiger partial charge in [-0.05, 0) is 40.8 Å². The highest BCUT2D eigenvalue weighted by atomic mass is 32.1. The summed E-state index contributed by atoms with van der Waals surface area (Å²) in [5.74, 6) is 0.126. The zero-order chi connectivity index (χ0) is 16.9. The molecule has 6 heteroatoms. The first kappa shape index (κ1) is 15.4. The van der Waals surface area contributed by atoms with Crippen LogP contribution in [0.3, 0.4) is 0 Å². The van der Waals surface area contributed by atoms with Crippen LogP contribution in [0.15, 0.2) is 41.1 Å². The van der Waals surface area contributed by atoms with Gasteiger partial charge in [0.1, 0.15) is 0 Å². The van der Waals surface area contributed by atoms with E-state index in [0.717, 1.165) is 4.88 Å². The lowest BCUT2D eigenvalue weighted by Crippen LogP contribution is -2.57. The molecule has 0 bridgehead atoms. The quantitative estimate of drug-likeness (QED) is 0.723. The molecule has 3 heterocycles. The molecular formula is C18H17N3OS2. The molecule has 0 unspecified atom stereocenters. The Labute approximate surface area is 148 Å². The molecule has 3 aromatic rings. The summed E-state index contributed by atoms with van der Waals surface area (Å²) < 4.78 is 1.23. The zero-order valence-electron chi connectivity index (χ0n) is 13.4. The van der Waals surface area contributed by atoms with Gasteiger partial charge in [-0.2, -0.15) is 11.3 Å². The van der Waals surface area contributed by atoms with Crippen molar-refractivity contribution < 1.29 is 4.79 Å². The van der Waals surface area contributed by atoms with Crippen LogP contribution in [0.25, 0.3) is 21.2 Å².